The Morgan fingerprint density at radius 3 is 2.44 bits per heavy atom. The third-order valence-corrected chi connectivity index (χ3v) is 5.01. The van der Waals surface area contributed by atoms with Gasteiger partial charge in [-0.2, -0.15) is 11.3 Å². The molecule has 0 spiro atoms. The van der Waals surface area contributed by atoms with Crippen LogP contribution in [0.15, 0.2) is 59.3 Å². The van der Waals surface area contributed by atoms with Crippen molar-refractivity contribution in [3.05, 3.63) is 70.4 Å². The van der Waals surface area contributed by atoms with Crippen molar-refractivity contribution in [1.29, 1.82) is 0 Å². The average Bonchev–Trinajstić information content (AvgIpc) is 3.20. The number of hydrogen-bond acceptors (Lipinski definition) is 4. The molecule has 1 atom stereocenters. The third-order valence-electron chi connectivity index (χ3n) is 4.32. The molecule has 0 saturated heterocycles. The van der Waals surface area contributed by atoms with E-state index < -0.39 is 0 Å². The van der Waals surface area contributed by atoms with Crippen molar-refractivity contribution in [2.75, 3.05) is 14.2 Å². The number of rotatable bonds is 7. The van der Waals surface area contributed by atoms with Gasteiger partial charge in [0, 0.05) is 18.2 Å². The first kappa shape index (κ1) is 17.5. The Balaban J connectivity index is 1.71. The van der Waals surface area contributed by atoms with Gasteiger partial charge in [-0.15, -0.1) is 0 Å². The summed E-state index contributed by atoms with van der Waals surface area (Å²) in [5.41, 5.74) is 4.82. The average molecular weight is 353 g/mol. The van der Waals surface area contributed by atoms with Crippen LogP contribution in [0.1, 0.15) is 24.1 Å². The highest BCUT2D eigenvalue weighted by Crippen LogP contribution is 2.32. The van der Waals surface area contributed by atoms with Crippen molar-refractivity contribution in [3.63, 3.8) is 0 Å². The largest absolute Gasteiger partial charge is 0.497 e. The van der Waals surface area contributed by atoms with E-state index in [0.717, 1.165) is 23.6 Å². The Kier molecular flexibility index (Phi) is 5.74. The first-order valence-corrected chi connectivity index (χ1v) is 9.22. The van der Waals surface area contributed by atoms with Gasteiger partial charge in [0.1, 0.15) is 11.5 Å². The van der Waals surface area contributed by atoms with Crippen molar-refractivity contribution >= 4 is 11.3 Å². The standard InChI is InChI=1S/C21H23NO2S/c1-15(17-5-7-19(23-2)8-6-17)22-13-16-4-9-21(24-3)20(12-16)18-10-11-25-14-18/h4-12,14-15,22H,13H2,1-3H3/t15-/m1/s1. The van der Waals surface area contributed by atoms with Crippen LogP contribution in [0.4, 0.5) is 0 Å². The lowest BCUT2D eigenvalue weighted by Gasteiger charge is -2.16. The molecule has 2 aromatic carbocycles. The summed E-state index contributed by atoms with van der Waals surface area (Å²) in [5, 5.41) is 7.82. The molecule has 0 aliphatic rings. The normalized spacial score (nSPS) is 12.0. The van der Waals surface area contributed by atoms with E-state index in [1.807, 2.05) is 18.2 Å². The fourth-order valence-corrected chi connectivity index (χ4v) is 3.45. The molecule has 0 amide bonds. The van der Waals surface area contributed by atoms with E-state index in [-0.39, 0.29) is 6.04 Å². The minimum atomic E-state index is 0.262. The number of methoxy groups -OCH3 is 2. The van der Waals surface area contributed by atoms with Crippen LogP contribution >= 0.6 is 11.3 Å². The molecular weight excluding hydrogens is 330 g/mol. The fourth-order valence-electron chi connectivity index (χ4n) is 2.79. The summed E-state index contributed by atoms with van der Waals surface area (Å²) in [7, 11) is 3.40. The number of ether oxygens (including phenoxy) is 2. The summed E-state index contributed by atoms with van der Waals surface area (Å²) in [5.74, 6) is 1.79. The third kappa shape index (κ3) is 4.21. The van der Waals surface area contributed by atoms with E-state index in [1.165, 1.54) is 16.7 Å². The zero-order valence-electron chi connectivity index (χ0n) is 14.8. The maximum atomic E-state index is 5.51. The number of thiophene rings is 1. The zero-order chi connectivity index (χ0) is 17.6. The molecule has 1 heterocycles. The van der Waals surface area contributed by atoms with Gasteiger partial charge in [-0.1, -0.05) is 18.2 Å². The second kappa shape index (κ2) is 8.19. The summed E-state index contributed by atoms with van der Waals surface area (Å²) in [6.07, 6.45) is 0. The molecule has 130 valence electrons. The Hall–Kier alpha value is -2.30. The van der Waals surface area contributed by atoms with Crippen LogP contribution in [0.3, 0.4) is 0 Å². The van der Waals surface area contributed by atoms with E-state index in [0.29, 0.717) is 0 Å². The van der Waals surface area contributed by atoms with Crippen molar-refractivity contribution in [1.82, 2.24) is 5.32 Å². The molecule has 0 unspecified atom stereocenters. The van der Waals surface area contributed by atoms with Gasteiger partial charge in [-0.3, -0.25) is 0 Å². The molecule has 1 aromatic heterocycles. The summed E-state index contributed by atoms with van der Waals surface area (Å²) in [6, 6.07) is 16.9. The lowest BCUT2D eigenvalue weighted by Crippen LogP contribution is -2.18. The van der Waals surface area contributed by atoms with E-state index >= 15 is 0 Å². The van der Waals surface area contributed by atoms with Gasteiger partial charge in [0.15, 0.2) is 0 Å². The molecule has 3 nitrogen and oxygen atoms in total. The van der Waals surface area contributed by atoms with Crippen LogP contribution < -0.4 is 14.8 Å². The molecule has 25 heavy (non-hydrogen) atoms. The zero-order valence-corrected chi connectivity index (χ0v) is 15.6. The summed E-state index contributed by atoms with van der Waals surface area (Å²) >= 11 is 1.70. The SMILES string of the molecule is COc1ccc([C@@H](C)NCc2ccc(OC)c(-c3ccsc3)c2)cc1. The molecule has 0 radical (unpaired) electrons. The molecule has 0 saturated carbocycles. The molecule has 4 heteroatoms. The first-order chi connectivity index (χ1) is 12.2. The van der Waals surface area contributed by atoms with Crippen molar-refractivity contribution in [2.45, 2.75) is 19.5 Å². The van der Waals surface area contributed by atoms with Crippen LogP contribution in [-0.2, 0) is 6.54 Å². The van der Waals surface area contributed by atoms with Gasteiger partial charge in [0.25, 0.3) is 0 Å². The summed E-state index contributed by atoms with van der Waals surface area (Å²) in [6.45, 7) is 2.97. The van der Waals surface area contributed by atoms with Crippen molar-refractivity contribution in [3.8, 4) is 22.6 Å². The van der Waals surface area contributed by atoms with E-state index in [1.54, 1.807) is 25.6 Å². The molecule has 3 rings (SSSR count). The summed E-state index contributed by atoms with van der Waals surface area (Å²) in [4.78, 5) is 0. The monoisotopic (exact) mass is 353 g/mol. The van der Waals surface area contributed by atoms with E-state index in [2.05, 4.69) is 53.3 Å². The highest BCUT2D eigenvalue weighted by Gasteiger charge is 2.09. The maximum absolute atomic E-state index is 5.51. The van der Waals surface area contributed by atoms with Gasteiger partial charge in [-0.25, -0.2) is 0 Å². The number of hydrogen-bond donors (Lipinski definition) is 1. The molecule has 3 aromatic rings. The fraction of sp³-hybridized carbons (Fsp3) is 0.238. The first-order valence-electron chi connectivity index (χ1n) is 8.28. The molecular formula is C21H23NO2S. The molecule has 0 aliphatic heterocycles. The van der Waals surface area contributed by atoms with E-state index in [9.17, 15) is 0 Å². The predicted molar refractivity (Wildman–Crippen MR) is 105 cm³/mol. The van der Waals surface area contributed by atoms with Crippen LogP contribution in [-0.4, -0.2) is 14.2 Å². The predicted octanol–water partition coefficient (Wildman–Crippen LogP) is 5.28. The van der Waals surface area contributed by atoms with Crippen molar-refractivity contribution in [2.24, 2.45) is 0 Å². The Morgan fingerprint density at radius 1 is 1.00 bits per heavy atom. The summed E-state index contributed by atoms with van der Waals surface area (Å²) < 4.78 is 10.7. The lowest BCUT2D eigenvalue weighted by atomic mass is 10.0. The van der Waals surface area contributed by atoms with Gasteiger partial charge in [-0.05, 0) is 64.7 Å². The second-order valence-electron chi connectivity index (χ2n) is 5.92. The highest BCUT2D eigenvalue weighted by atomic mass is 32.1. The lowest BCUT2D eigenvalue weighted by molar-refractivity contribution is 0.414. The minimum absolute atomic E-state index is 0.262. The number of benzene rings is 2. The van der Waals surface area contributed by atoms with Crippen LogP contribution in [0.2, 0.25) is 0 Å². The van der Waals surface area contributed by atoms with Gasteiger partial charge < -0.3 is 14.8 Å². The smallest absolute Gasteiger partial charge is 0.126 e. The Morgan fingerprint density at radius 2 is 1.80 bits per heavy atom. The highest BCUT2D eigenvalue weighted by molar-refractivity contribution is 7.08. The Bertz CT molecular complexity index is 797. The second-order valence-corrected chi connectivity index (χ2v) is 6.70. The van der Waals surface area contributed by atoms with E-state index in [4.69, 9.17) is 9.47 Å². The number of nitrogens with one attached hydrogen (secondary N) is 1. The molecule has 0 bridgehead atoms. The quantitative estimate of drug-likeness (QED) is 0.626. The van der Waals surface area contributed by atoms with Crippen LogP contribution in [0, 0.1) is 0 Å². The molecule has 0 aliphatic carbocycles. The molecule has 0 fully saturated rings. The van der Waals surface area contributed by atoms with Crippen LogP contribution in [0.5, 0.6) is 11.5 Å². The van der Waals surface area contributed by atoms with Crippen molar-refractivity contribution < 1.29 is 9.47 Å². The molecule has 1 N–H and O–H groups in total. The van der Waals surface area contributed by atoms with Gasteiger partial charge in [0.2, 0.25) is 0 Å². The van der Waals surface area contributed by atoms with Gasteiger partial charge >= 0.3 is 0 Å². The maximum Gasteiger partial charge on any atom is 0.126 e. The van der Waals surface area contributed by atoms with Gasteiger partial charge in [0.05, 0.1) is 14.2 Å². The minimum Gasteiger partial charge on any atom is -0.497 e. The van der Waals surface area contributed by atoms with Crippen LogP contribution in [0.25, 0.3) is 11.1 Å². The topological polar surface area (TPSA) is 30.5 Å². The Labute approximate surface area is 153 Å².